The highest BCUT2D eigenvalue weighted by atomic mass is 16.2. The molecule has 2 nitrogen and oxygen atoms in total. The molecule has 0 spiro atoms. The average molecular weight is 271 g/mol. The molecule has 1 N–H and O–H groups in total. The second kappa shape index (κ2) is 6.43. The Balaban J connectivity index is 1.50. The standard InChI is InChI=1S/C18H25NO/c20-18(19-15-11-7-2-1-3-8-12-15)17-13-16(17)14-9-5-4-6-10-14/h4-6,9-10,15-17H,1-3,7-8,11-13H2,(H,19,20). The molecule has 2 saturated carbocycles. The first-order valence-corrected chi connectivity index (χ1v) is 8.20. The van der Waals surface area contributed by atoms with Crippen LogP contribution in [0.3, 0.4) is 0 Å². The van der Waals surface area contributed by atoms with Gasteiger partial charge in [0.15, 0.2) is 0 Å². The summed E-state index contributed by atoms with van der Waals surface area (Å²) in [4.78, 5) is 12.3. The van der Waals surface area contributed by atoms with Gasteiger partial charge >= 0.3 is 0 Å². The Labute approximate surface area is 122 Å². The molecule has 20 heavy (non-hydrogen) atoms. The topological polar surface area (TPSA) is 29.1 Å². The van der Waals surface area contributed by atoms with Crippen molar-refractivity contribution in [1.82, 2.24) is 5.32 Å². The molecule has 108 valence electrons. The fraction of sp³-hybridized carbons (Fsp3) is 0.611. The van der Waals surface area contributed by atoms with Gasteiger partial charge in [0.1, 0.15) is 0 Å². The highest BCUT2D eigenvalue weighted by Gasteiger charge is 2.44. The van der Waals surface area contributed by atoms with Gasteiger partial charge in [-0.1, -0.05) is 62.4 Å². The molecule has 0 saturated heterocycles. The van der Waals surface area contributed by atoms with E-state index in [-0.39, 0.29) is 5.92 Å². The van der Waals surface area contributed by atoms with E-state index in [0.717, 1.165) is 6.42 Å². The molecular weight excluding hydrogens is 246 g/mol. The summed E-state index contributed by atoms with van der Waals surface area (Å²) >= 11 is 0. The minimum absolute atomic E-state index is 0.225. The minimum Gasteiger partial charge on any atom is -0.353 e. The molecule has 2 aliphatic rings. The number of carbonyl (C=O) groups excluding carboxylic acids is 1. The lowest BCUT2D eigenvalue weighted by Crippen LogP contribution is -2.36. The summed E-state index contributed by atoms with van der Waals surface area (Å²) < 4.78 is 0. The molecule has 1 amide bonds. The van der Waals surface area contributed by atoms with E-state index in [1.165, 1.54) is 50.5 Å². The van der Waals surface area contributed by atoms with Gasteiger partial charge in [0.25, 0.3) is 0 Å². The molecular formula is C18H25NO. The number of nitrogens with one attached hydrogen (secondary N) is 1. The summed E-state index contributed by atoms with van der Waals surface area (Å²) in [5.74, 6) is 0.983. The molecule has 2 aliphatic carbocycles. The van der Waals surface area contributed by atoms with Crippen LogP contribution in [-0.4, -0.2) is 11.9 Å². The van der Waals surface area contributed by atoms with E-state index in [4.69, 9.17) is 0 Å². The van der Waals surface area contributed by atoms with Crippen LogP contribution < -0.4 is 5.32 Å². The second-order valence-electron chi connectivity index (χ2n) is 6.41. The first-order valence-electron chi connectivity index (χ1n) is 8.20. The first-order chi connectivity index (χ1) is 9.84. The van der Waals surface area contributed by atoms with Crippen molar-refractivity contribution < 1.29 is 4.79 Å². The zero-order valence-corrected chi connectivity index (χ0v) is 12.2. The maximum Gasteiger partial charge on any atom is 0.223 e. The summed E-state index contributed by atoms with van der Waals surface area (Å²) in [7, 11) is 0. The van der Waals surface area contributed by atoms with Crippen molar-refractivity contribution in [3.63, 3.8) is 0 Å². The molecule has 1 aromatic carbocycles. The largest absolute Gasteiger partial charge is 0.353 e. The van der Waals surface area contributed by atoms with E-state index < -0.39 is 0 Å². The maximum atomic E-state index is 12.3. The number of amides is 1. The summed E-state index contributed by atoms with van der Waals surface area (Å²) in [6, 6.07) is 10.9. The summed E-state index contributed by atoms with van der Waals surface area (Å²) in [6.07, 6.45) is 9.98. The smallest absolute Gasteiger partial charge is 0.223 e. The molecule has 2 fully saturated rings. The van der Waals surface area contributed by atoms with E-state index in [1.807, 2.05) is 6.07 Å². The average Bonchev–Trinajstić information content (AvgIpc) is 3.23. The third-order valence-corrected chi connectivity index (χ3v) is 4.81. The third kappa shape index (κ3) is 3.41. The van der Waals surface area contributed by atoms with Crippen molar-refractivity contribution in [3.8, 4) is 0 Å². The van der Waals surface area contributed by atoms with Gasteiger partial charge in [0, 0.05) is 12.0 Å². The monoisotopic (exact) mass is 271 g/mol. The lowest BCUT2D eigenvalue weighted by molar-refractivity contribution is -0.123. The third-order valence-electron chi connectivity index (χ3n) is 4.81. The Morgan fingerprint density at radius 1 is 0.950 bits per heavy atom. The molecule has 1 aromatic rings. The highest BCUT2D eigenvalue weighted by Crippen LogP contribution is 2.47. The molecule has 0 bridgehead atoms. The Morgan fingerprint density at radius 2 is 1.60 bits per heavy atom. The molecule has 2 unspecified atom stereocenters. The molecule has 0 heterocycles. The normalized spacial score (nSPS) is 27.4. The highest BCUT2D eigenvalue weighted by molar-refractivity contribution is 5.83. The van der Waals surface area contributed by atoms with E-state index >= 15 is 0 Å². The Hall–Kier alpha value is -1.31. The van der Waals surface area contributed by atoms with Crippen molar-refractivity contribution >= 4 is 5.91 Å². The molecule has 0 aliphatic heterocycles. The predicted octanol–water partition coefficient (Wildman–Crippen LogP) is 4.02. The van der Waals surface area contributed by atoms with Crippen molar-refractivity contribution in [2.45, 2.75) is 63.3 Å². The van der Waals surface area contributed by atoms with Crippen LogP contribution in [0.4, 0.5) is 0 Å². The number of carbonyl (C=O) groups is 1. The fourth-order valence-electron chi connectivity index (χ4n) is 3.46. The SMILES string of the molecule is O=C(NC1CCCCCCC1)C1CC1c1ccccc1. The van der Waals surface area contributed by atoms with Crippen LogP contribution in [-0.2, 0) is 4.79 Å². The molecule has 0 aromatic heterocycles. The van der Waals surface area contributed by atoms with Gasteiger partial charge in [-0.15, -0.1) is 0 Å². The quantitative estimate of drug-likeness (QED) is 0.884. The molecule has 3 rings (SSSR count). The second-order valence-corrected chi connectivity index (χ2v) is 6.41. The number of hydrogen-bond acceptors (Lipinski definition) is 1. The lowest BCUT2D eigenvalue weighted by Gasteiger charge is -2.21. The van der Waals surface area contributed by atoms with E-state index in [1.54, 1.807) is 0 Å². The predicted molar refractivity (Wildman–Crippen MR) is 81.5 cm³/mol. The Kier molecular flexibility index (Phi) is 4.39. The van der Waals surface area contributed by atoms with Gasteiger partial charge in [-0.2, -0.15) is 0 Å². The van der Waals surface area contributed by atoms with Gasteiger partial charge in [-0.05, 0) is 30.7 Å². The van der Waals surface area contributed by atoms with Crippen LogP contribution in [0.5, 0.6) is 0 Å². The van der Waals surface area contributed by atoms with Gasteiger partial charge in [-0.25, -0.2) is 0 Å². The van der Waals surface area contributed by atoms with Crippen molar-refractivity contribution in [2.75, 3.05) is 0 Å². The zero-order chi connectivity index (χ0) is 13.8. The van der Waals surface area contributed by atoms with Crippen LogP contribution in [0.1, 0.15) is 62.8 Å². The summed E-state index contributed by atoms with van der Waals surface area (Å²) in [5.41, 5.74) is 1.32. The number of hydrogen-bond donors (Lipinski definition) is 1. The van der Waals surface area contributed by atoms with E-state index in [2.05, 4.69) is 29.6 Å². The molecule has 2 heteroatoms. The van der Waals surface area contributed by atoms with Crippen LogP contribution >= 0.6 is 0 Å². The first kappa shape index (κ1) is 13.7. The van der Waals surface area contributed by atoms with Crippen molar-refractivity contribution in [1.29, 1.82) is 0 Å². The zero-order valence-electron chi connectivity index (χ0n) is 12.2. The van der Waals surface area contributed by atoms with Gasteiger partial charge < -0.3 is 5.32 Å². The van der Waals surface area contributed by atoms with E-state index in [9.17, 15) is 4.79 Å². The Morgan fingerprint density at radius 3 is 2.30 bits per heavy atom. The number of benzene rings is 1. The van der Waals surface area contributed by atoms with Crippen LogP contribution in [0.25, 0.3) is 0 Å². The van der Waals surface area contributed by atoms with E-state index in [0.29, 0.717) is 17.9 Å². The van der Waals surface area contributed by atoms with Crippen LogP contribution in [0.15, 0.2) is 30.3 Å². The van der Waals surface area contributed by atoms with Gasteiger partial charge in [-0.3, -0.25) is 4.79 Å². The summed E-state index contributed by atoms with van der Waals surface area (Å²) in [6.45, 7) is 0. The number of rotatable bonds is 3. The van der Waals surface area contributed by atoms with Crippen molar-refractivity contribution in [2.24, 2.45) is 5.92 Å². The van der Waals surface area contributed by atoms with Crippen LogP contribution in [0.2, 0.25) is 0 Å². The molecule has 0 radical (unpaired) electrons. The maximum absolute atomic E-state index is 12.3. The minimum atomic E-state index is 0.225. The fourth-order valence-corrected chi connectivity index (χ4v) is 3.46. The molecule has 2 atom stereocenters. The van der Waals surface area contributed by atoms with Gasteiger partial charge in [0.2, 0.25) is 5.91 Å². The lowest BCUT2D eigenvalue weighted by atomic mass is 9.96. The van der Waals surface area contributed by atoms with Gasteiger partial charge in [0.05, 0.1) is 0 Å². The Bertz CT molecular complexity index is 434. The summed E-state index contributed by atoms with van der Waals surface area (Å²) in [5, 5.41) is 3.31. The van der Waals surface area contributed by atoms with Crippen LogP contribution in [0, 0.1) is 5.92 Å². The van der Waals surface area contributed by atoms with Crippen molar-refractivity contribution in [3.05, 3.63) is 35.9 Å².